The third-order valence-corrected chi connectivity index (χ3v) is 3.75. The van der Waals surface area contributed by atoms with Crippen LogP contribution in [-0.2, 0) is 0 Å². The second-order valence-electron chi connectivity index (χ2n) is 3.27. The zero-order chi connectivity index (χ0) is 13.1. The maximum Gasteiger partial charge on any atom is 0.223 e. The highest BCUT2D eigenvalue weighted by atomic mass is 35.5. The van der Waals surface area contributed by atoms with Crippen LogP contribution in [0.3, 0.4) is 0 Å². The number of rotatable bonds is 3. The van der Waals surface area contributed by atoms with E-state index in [1.165, 1.54) is 0 Å². The molecule has 0 aliphatic carbocycles. The highest BCUT2D eigenvalue weighted by molar-refractivity contribution is 7.99. The highest BCUT2D eigenvalue weighted by Crippen LogP contribution is 2.35. The number of nitrogens with zero attached hydrogens (tertiary/aromatic N) is 2. The van der Waals surface area contributed by atoms with E-state index in [0.29, 0.717) is 20.9 Å². The summed E-state index contributed by atoms with van der Waals surface area (Å²) in [6.07, 6.45) is 1.11. The van der Waals surface area contributed by atoms with Crippen LogP contribution in [0.25, 0.3) is 0 Å². The number of nitrogens with one attached hydrogen (secondary N) is 1. The van der Waals surface area contributed by atoms with Gasteiger partial charge >= 0.3 is 0 Å². The molecule has 1 aromatic carbocycles. The van der Waals surface area contributed by atoms with Gasteiger partial charge in [-0.25, -0.2) is 14.4 Å². The lowest BCUT2D eigenvalue weighted by Crippen LogP contribution is -1.98. The first kappa shape index (κ1) is 13.4. The van der Waals surface area contributed by atoms with Gasteiger partial charge in [-0.1, -0.05) is 35.0 Å². The van der Waals surface area contributed by atoms with Crippen LogP contribution >= 0.6 is 35.0 Å². The Morgan fingerprint density at radius 2 is 2.11 bits per heavy atom. The van der Waals surface area contributed by atoms with Crippen molar-refractivity contribution in [3.05, 3.63) is 40.3 Å². The predicted octanol–water partition coefficient (Wildman–Crippen LogP) is 4.12. The Morgan fingerprint density at radius 3 is 2.83 bits per heavy atom. The SMILES string of the molecule is CNc1ncc(F)c(Sc2cc(Cl)ccc2Cl)n1. The summed E-state index contributed by atoms with van der Waals surface area (Å²) < 4.78 is 13.6. The first-order valence-corrected chi connectivity index (χ1v) is 6.50. The molecule has 7 heteroatoms. The molecule has 3 nitrogen and oxygen atoms in total. The summed E-state index contributed by atoms with van der Waals surface area (Å²) in [4.78, 5) is 8.43. The summed E-state index contributed by atoms with van der Waals surface area (Å²) in [6, 6.07) is 4.99. The smallest absolute Gasteiger partial charge is 0.223 e. The Bertz CT molecular complexity index is 580. The van der Waals surface area contributed by atoms with Crippen molar-refractivity contribution < 1.29 is 4.39 Å². The molecule has 18 heavy (non-hydrogen) atoms. The minimum absolute atomic E-state index is 0.193. The second-order valence-corrected chi connectivity index (χ2v) is 5.15. The standard InChI is InChI=1S/C11H8Cl2FN3S/c1-15-11-16-5-8(14)10(17-11)18-9-4-6(12)2-3-7(9)13/h2-5H,1H3,(H,15,16,17). The summed E-state index contributed by atoms with van der Waals surface area (Å²) in [5, 5.41) is 3.96. The molecule has 0 saturated carbocycles. The largest absolute Gasteiger partial charge is 0.357 e. The third kappa shape index (κ3) is 3.04. The molecule has 2 rings (SSSR count). The molecule has 0 spiro atoms. The second kappa shape index (κ2) is 5.73. The first-order chi connectivity index (χ1) is 8.60. The van der Waals surface area contributed by atoms with Crippen LogP contribution in [0, 0.1) is 5.82 Å². The lowest BCUT2D eigenvalue weighted by atomic mass is 10.4. The van der Waals surface area contributed by atoms with Crippen LogP contribution in [0.2, 0.25) is 10.0 Å². The third-order valence-electron chi connectivity index (χ3n) is 2.04. The Labute approximate surface area is 118 Å². The van der Waals surface area contributed by atoms with Crippen molar-refractivity contribution in [3.8, 4) is 0 Å². The summed E-state index contributed by atoms with van der Waals surface area (Å²) in [7, 11) is 1.66. The quantitative estimate of drug-likeness (QED) is 0.866. The van der Waals surface area contributed by atoms with E-state index in [2.05, 4.69) is 15.3 Å². The van der Waals surface area contributed by atoms with Gasteiger partial charge in [-0.2, -0.15) is 0 Å². The first-order valence-electron chi connectivity index (χ1n) is 4.93. The van der Waals surface area contributed by atoms with Crippen LogP contribution in [0.5, 0.6) is 0 Å². The van der Waals surface area contributed by atoms with Crippen LogP contribution in [0.15, 0.2) is 34.3 Å². The van der Waals surface area contributed by atoms with Gasteiger partial charge in [0, 0.05) is 17.0 Å². The van der Waals surface area contributed by atoms with E-state index in [4.69, 9.17) is 23.2 Å². The fraction of sp³-hybridized carbons (Fsp3) is 0.0909. The fourth-order valence-corrected chi connectivity index (χ4v) is 2.52. The van der Waals surface area contributed by atoms with Crippen molar-refractivity contribution in [2.24, 2.45) is 0 Å². The van der Waals surface area contributed by atoms with Gasteiger partial charge in [0.25, 0.3) is 0 Å². The number of halogens is 3. The molecule has 0 fully saturated rings. The lowest BCUT2D eigenvalue weighted by molar-refractivity contribution is 0.580. The lowest BCUT2D eigenvalue weighted by Gasteiger charge is -2.06. The van der Waals surface area contributed by atoms with E-state index in [9.17, 15) is 4.39 Å². The molecule has 0 atom stereocenters. The molecule has 0 bridgehead atoms. The van der Waals surface area contributed by atoms with Gasteiger partial charge < -0.3 is 5.32 Å². The van der Waals surface area contributed by atoms with E-state index in [1.807, 2.05) is 0 Å². The fourth-order valence-electron chi connectivity index (χ4n) is 1.20. The van der Waals surface area contributed by atoms with Crippen LogP contribution in [-0.4, -0.2) is 17.0 Å². The molecule has 1 heterocycles. The average molecular weight is 304 g/mol. The van der Waals surface area contributed by atoms with Crippen molar-refractivity contribution in [1.82, 2.24) is 9.97 Å². The summed E-state index contributed by atoms with van der Waals surface area (Å²) in [5.74, 6) is -0.160. The Balaban J connectivity index is 2.36. The zero-order valence-corrected chi connectivity index (χ0v) is 11.6. The highest BCUT2D eigenvalue weighted by Gasteiger charge is 2.11. The molecule has 0 aliphatic heterocycles. The molecular formula is C11H8Cl2FN3S. The molecule has 1 N–H and O–H groups in total. The van der Waals surface area contributed by atoms with Crippen LogP contribution in [0.1, 0.15) is 0 Å². The normalized spacial score (nSPS) is 10.4. The van der Waals surface area contributed by atoms with Gasteiger partial charge in [0.15, 0.2) is 5.82 Å². The Hall–Kier alpha value is -1.04. The molecule has 0 radical (unpaired) electrons. The van der Waals surface area contributed by atoms with Crippen molar-refractivity contribution >= 4 is 40.9 Å². The molecule has 1 aromatic heterocycles. The molecule has 0 unspecified atom stereocenters. The van der Waals surface area contributed by atoms with E-state index in [1.54, 1.807) is 25.2 Å². The van der Waals surface area contributed by atoms with Crippen molar-refractivity contribution in [1.29, 1.82) is 0 Å². The molecule has 0 amide bonds. The van der Waals surface area contributed by atoms with Gasteiger partial charge in [0.1, 0.15) is 5.03 Å². The summed E-state index contributed by atoms with van der Waals surface area (Å²) in [5.41, 5.74) is 0. The van der Waals surface area contributed by atoms with Crippen molar-refractivity contribution in [2.45, 2.75) is 9.92 Å². The number of benzene rings is 1. The van der Waals surface area contributed by atoms with E-state index in [0.717, 1.165) is 18.0 Å². The number of anilines is 1. The predicted molar refractivity (Wildman–Crippen MR) is 72.1 cm³/mol. The maximum atomic E-state index is 13.6. The van der Waals surface area contributed by atoms with Crippen molar-refractivity contribution in [3.63, 3.8) is 0 Å². The molecule has 2 aromatic rings. The minimum atomic E-state index is -0.505. The van der Waals surface area contributed by atoms with Gasteiger partial charge in [-0.15, -0.1) is 0 Å². The van der Waals surface area contributed by atoms with Crippen LogP contribution in [0.4, 0.5) is 10.3 Å². The number of hydrogen-bond acceptors (Lipinski definition) is 4. The molecule has 0 saturated heterocycles. The molecule has 0 aliphatic rings. The Morgan fingerprint density at radius 1 is 1.33 bits per heavy atom. The summed E-state index contributed by atoms with van der Waals surface area (Å²) in [6.45, 7) is 0. The van der Waals surface area contributed by atoms with Gasteiger partial charge in [-0.05, 0) is 18.2 Å². The Kier molecular flexibility index (Phi) is 4.27. The number of aromatic nitrogens is 2. The van der Waals surface area contributed by atoms with E-state index >= 15 is 0 Å². The topological polar surface area (TPSA) is 37.8 Å². The van der Waals surface area contributed by atoms with Crippen LogP contribution < -0.4 is 5.32 Å². The van der Waals surface area contributed by atoms with Gasteiger partial charge in [0.05, 0.1) is 11.2 Å². The van der Waals surface area contributed by atoms with E-state index < -0.39 is 5.82 Å². The van der Waals surface area contributed by atoms with Gasteiger partial charge in [0.2, 0.25) is 5.95 Å². The summed E-state index contributed by atoms with van der Waals surface area (Å²) >= 11 is 13.0. The zero-order valence-electron chi connectivity index (χ0n) is 9.25. The molecule has 94 valence electrons. The monoisotopic (exact) mass is 303 g/mol. The minimum Gasteiger partial charge on any atom is -0.357 e. The maximum absolute atomic E-state index is 13.6. The van der Waals surface area contributed by atoms with E-state index in [-0.39, 0.29) is 5.03 Å². The average Bonchev–Trinajstić information content (AvgIpc) is 2.36. The molecular weight excluding hydrogens is 296 g/mol. The van der Waals surface area contributed by atoms with Gasteiger partial charge in [-0.3, -0.25) is 0 Å². The number of hydrogen-bond donors (Lipinski definition) is 1. The van der Waals surface area contributed by atoms with Crippen molar-refractivity contribution in [2.75, 3.05) is 12.4 Å².